The first kappa shape index (κ1) is 19.1. The average molecular weight is 390 g/mol. The summed E-state index contributed by atoms with van der Waals surface area (Å²) in [5.74, 6) is 0.00583. The maximum absolute atomic E-state index is 13.1. The Balaban J connectivity index is 1.57. The topological polar surface area (TPSA) is 57.6 Å². The summed E-state index contributed by atoms with van der Waals surface area (Å²) in [6.45, 7) is 2.86. The molecule has 6 nitrogen and oxygen atoms in total. The lowest BCUT2D eigenvalue weighted by Crippen LogP contribution is -2.35. The minimum absolute atomic E-state index is 0.0377. The Kier molecular flexibility index (Phi) is 4.78. The molecule has 2 amide bonds. The molecule has 150 valence electrons. The molecule has 0 bridgehead atoms. The summed E-state index contributed by atoms with van der Waals surface area (Å²) in [4.78, 5) is 28.7. The van der Waals surface area contributed by atoms with Gasteiger partial charge in [0.25, 0.3) is 5.91 Å². The first-order valence-electron chi connectivity index (χ1n) is 9.78. The van der Waals surface area contributed by atoms with Crippen LogP contribution in [0.2, 0.25) is 0 Å². The predicted octanol–water partition coefficient (Wildman–Crippen LogP) is 3.22. The van der Waals surface area contributed by atoms with E-state index in [0.717, 1.165) is 22.5 Å². The summed E-state index contributed by atoms with van der Waals surface area (Å²) in [6.07, 6.45) is 0. The molecule has 29 heavy (non-hydrogen) atoms. The van der Waals surface area contributed by atoms with Gasteiger partial charge in [0.2, 0.25) is 5.91 Å². The number of likely N-dealkylation sites (N-methyl/N-ethyl adjacent to an activating group) is 1. The van der Waals surface area contributed by atoms with E-state index in [-0.39, 0.29) is 17.9 Å². The Morgan fingerprint density at radius 2 is 1.93 bits per heavy atom. The third kappa shape index (κ3) is 3.46. The number of fused-ring (bicyclic) bond motifs is 2. The highest BCUT2D eigenvalue weighted by molar-refractivity contribution is 5.95. The van der Waals surface area contributed by atoms with Crippen LogP contribution >= 0.6 is 0 Å². The highest BCUT2D eigenvalue weighted by atomic mass is 16.2. The zero-order chi connectivity index (χ0) is 20.7. The molecule has 4 rings (SSSR count). The molecule has 1 aliphatic heterocycles. The SMILES string of the molecule is CC1Nc2ccc(C(=O)N(C)Cc3cc4ccccc4n3C)cc2CN(C)C1=O. The average Bonchev–Trinajstić information content (AvgIpc) is 2.97. The molecular formula is C23H26N4O2. The summed E-state index contributed by atoms with van der Waals surface area (Å²) >= 11 is 0. The monoisotopic (exact) mass is 390 g/mol. The van der Waals surface area contributed by atoms with Crippen molar-refractivity contribution in [2.24, 2.45) is 7.05 Å². The van der Waals surface area contributed by atoms with Crippen molar-refractivity contribution < 1.29 is 9.59 Å². The van der Waals surface area contributed by atoms with Crippen LogP contribution in [-0.4, -0.2) is 46.3 Å². The summed E-state index contributed by atoms with van der Waals surface area (Å²) in [6, 6.07) is 15.7. The molecule has 1 aliphatic rings. The van der Waals surface area contributed by atoms with E-state index in [9.17, 15) is 9.59 Å². The van der Waals surface area contributed by atoms with Gasteiger partial charge >= 0.3 is 0 Å². The minimum atomic E-state index is -0.281. The van der Waals surface area contributed by atoms with Crippen molar-refractivity contribution in [2.75, 3.05) is 19.4 Å². The lowest BCUT2D eigenvalue weighted by atomic mass is 10.1. The summed E-state index contributed by atoms with van der Waals surface area (Å²) < 4.78 is 2.13. The molecule has 6 heteroatoms. The van der Waals surface area contributed by atoms with Gasteiger partial charge in [0.1, 0.15) is 6.04 Å². The molecule has 1 N–H and O–H groups in total. The van der Waals surface area contributed by atoms with Gasteiger partial charge in [-0.25, -0.2) is 0 Å². The normalized spacial score (nSPS) is 16.3. The van der Waals surface area contributed by atoms with E-state index in [1.54, 1.807) is 16.8 Å². The zero-order valence-electron chi connectivity index (χ0n) is 17.3. The summed E-state index contributed by atoms with van der Waals surface area (Å²) in [7, 11) is 5.63. The highest BCUT2D eigenvalue weighted by Gasteiger charge is 2.24. The van der Waals surface area contributed by atoms with E-state index in [4.69, 9.17) is 0 Å². The maximum atomic E-state index is 13.1. The van der Waals surface area contributed by atoms with Crippen molar-refractivity contribution in [3.8, 4) is 0 Å². The summed E-state index contributed by atoms with van der Waals surface area (Å²) in [5, 5.41) is 4.41. The lowest BCUT2D eigenvalue weighted by Gasteiger charge is -2.19. The minimum Gasteiger partial charge on any atom is -0.374 e. The molecule has 0 fully saturated rings. The van der Waals surface area contributed by atoms with Crippen molar-refractivity contribution in [1.82, 2.24) is 14.4 Å². The number of aromatic nitrogens is 1. The number of rotatable bonds is 3. The lowest BCUT2D eigenvalue weighted by molar-refractivity contribution is -0.130. The van der Waals surface area contributed by atoms with Gasteiger partial charge in [-0.15, -0.1) is 0 Å². The molecular weight excluding hydrogens is 364 g/mol. The first-order valence-corrected chi connectivity index (χ1v) is 9.78. The highest BCUT2D eigenvalue weighted by Crippen LogP contribution is 2.25. The molecule has 3 aromatic rings. The van der Waals surface area contributed by atoms with Crippen LogP contribution in [0.15, 0.2) is 48.5 Å². The van der Waals surface area contributed by atoms with Crippen LogP contribution in [0.25, 0.3) is 10.9 Å². The van der Waals surface area contributed by atoms with Crippen LogP contribution in [0.4, 0.5) is 5.69 Å². The number of nitrogens with one attached hydrogen (secondary N) is 1. The van der Waals surface area contributed by atoms with E-state index in [1.807, 2.05) is 51.4 Å². The third-order valence-electron chi connectivity index (χ3n) is 5.68. The van der Waals surface area contributed by atoms with Crippen molar-refractivity contribution in [3.63, 3.8) is 0 Å². The smallest absolute Gasteiger partial charge is 0.253 e. The number of aryl methyl sites for hydroxylation is 1. The largest absolute Gasteiger partial charge is 0.374 e. The van der Waals surface area contributed by atoms with Gasteiger partial charge in [0.05, 0.1) is 6.54 Å². The maximum Gasteiger partial charge on any atom is 0.253 e. The molecule has 2 aromatic carbocycles. The second-order valence-corrected chi connectivity index (χ2v) is 7.85. The van der Waals surface area contributed by atoms with Crippen LogP contribution in [0, 0.1) is 0 Å². The van der Waals surface area contributed by atoms with Crippen LogP contribution in [-0.2, 0) is 24.9 Å². The third-order valence-corrected chi connectivity index (χ3v) is 5.68. The zero-order valence-corrected chi connectivity index (χ0v) is 17.3. The summed E-state index contributed by atoms with van der Waals surface area (Å²) in [5.41, 5.74) is 4.72. The van der Waals surface area contributed by atoms with E-state index in [1.165, 1.54) is 5.39 Å². The fourth-order valence-corrected chi connectivity index (χ4v) is 3.99. The molecule has 2 heterocycles. The van der Waals surface area contributed by atoms with Gasteiger partial charge in [-0.05, 0) is 48.2 Å². The fourth-order valence-electron chi connectivity index (χ4n) is 3.99. The Morgan fingerprint density at radius 3 is 2.69 bits per heavy atom. The first-order chi connectivity index (χ1) is 13.8. The number of hydrogen-bond donors (Lipinski definition) is 1. The van der Waals surface area contributed by atoms with Gasteiger partial charge in [-0.1, -0.05) is 18.2 Å². The molecule has 0 saturated carbocycles. The Labute approximate surface area is 170 Å². The Bertz CT molecular complexity index is 1100. The molecule has 0 saturated heterocycles. The Hall–Kier alpha value is -3.28. The molecule has 0 spiro atoms. The number of carbonyl (C=O) groups excluding carboxylic acids is 2. The molecule has 1 aromatic heterocycles. The van der Waals surface area contributed by atoms with E-state index in [0.29, 0.717) is 18.7 Å². The van der Waals surface area contributed by atoms with Gasteiger partial charge < -0.3 is 19.7 Å². The number of amides is 2. The second-order valence-electron chi connectivity index (χ2n) is 7.85. The van der Waals surface area contributed by atoms with Crippen molar-refractivity contribution in [1.29, 1.82) is 0 Å². The van der Waals surface area contributed by atoms with E-state index >= 15 is 0 Å². The molecule has 0 radical (unpaired) electrons. The quantitative estimate of drug-likeness (QED) is 0.747. The fraction of sp³-hybridized carbons (Fsp3) is 0.304. The van der Waals surface area contributed by atoms with Gasteiger partial charge in [0, 0.05) is 50.1 Å². The van der Waals surface area contributed by atoms with Gasteiger partial charge in [-0.3, -0.25) is 9.59 Å². The van der Waals surface area contributed by atoms with E-state index < -0.39 is 0 Å². The number of carbonyl (C=O) groups is 2. The standard InChI is InChI=1S/C23H26N4O2/c1-15-22(28)25(2)13-18-11-17(9-10-20(18)24-15)23(29)26(3)14-19-12-16-7-5-6-8-21(16)27(19)4/h5-12,15,24H,13-14H2,1-4H3. The predicted molar refractivity (Wildman–Crippen MR) is 115 cm³/mol. The molecule has 0 aliphatic carbocycles. The van der Waals surface area contributed by atoms with Crippen LogP contribution in [0.1, 0.15) is 28.5 Å². The number of hydrogen-bond acceptors (Lipinski definition) is 3. The van der Waals surface area contributed by atoms with E-state index in [2.05, 4.69) is 28.1 Å². The van der Waals surface area contributed by atoms with Gasteiger partial charge in [0.15, 0.2) is 0 Å². The van der Waals surface area contributed by atoms with Crippen LogP contribution in [0.3, 0.4) is 0 Å². The van der Waals surface area contributed by atoms with Crippen molar-refractivity contribution >= 4 is 28.4 Å². The number of para-hydroxylation sites is 1. The number of anilines is 1. The van der Waals surface area contributed by atoms with Crippen molar-refractivity contribution in [3.05, 3.63) is 65.4 Å². The second kappa shape index (κ2) is 7.28. The van der Waals surface area contributed by atoms with Crippen LogP contribution in [0.5, 0.6) is 0 Å². The molecule has 1 unspecified atom stereocenters. The number of benzene rings is 2. The van der Waals surface area contributed by atoms with Crippen molar-refractivity contribution in [2.45, 2.75) is 26.1 Å². The van der Waals surface area contributed by atoms with Gasteiger partial charge in [-0.2, -0.15) is 0 Å². The molecule has 1 atom stereocenters. The Morgan fingerprint density at radius 1 is 1.17 bits per heavy atom. The number of nitrogens with zero attached hydrogens (tertiary/aromatic N) is 3. The van der Waals surface area contributed by atoms with Crippen LogP contribution < -0.4 is 5.32 Å².